The molecule has 0 radical (unpaired) electrons. The molecule has 98 valence electrons. The smallest absolute Gasteiger partial charge is 0.157 e. The van der Waals surface area contributed by atoms with Crippen molar-refractivity contribution < 1.29 is 0 Å². The Bertz CT molecular complexity index is 502. The van der Waals surface area contributed by atoms with Crippen LogP contribution in [0.3, 0.4) is 0 Å². The van der Waals surface area contributed by atoms with Crippen molar-refractivity contribution in [2.75, 3.05) is 6.54 Å². The largest absolute Gasteiger partial charge is 0.308 e. The summed E-state index contributed by atoms with van der Waals surface area (Å²) in [5.74, 6) is 0. The number of nitrogens with one attached hydrogen (secondary N) is 1. The van der Waals surface area contributed by atoms with Crippen molar-refractivity contribution in [3.63, 3.8) is 0 Å². The van der Waals surface area contributed by atoms with Crippen molar-refractivity contribution in [3.05, 3.63) is 20.4 Å². The molecule has 2 rings (SSSR count). The van der Waals surface area contributed by atoms with E-state index in [9.17, 15) is 0 Å². The summed E-state index contributed by atoms with van der Waals surface area (Å²) in [7, 11) is 0. The molecule has 0 saturated heterocycles. The van der Waals surface area contributed by atoms with Crippen molar-refractivity contribution >= 4 is 38.6 Å². The fraction of sp³-hybridized carbons (Fsp3) is 0.500. The molecule has 0 amide bonds. The summed E-state index contributed by atoms with van der Waals surface area (Å²) in [5.41, 5.74) is 1.26. The third-order valence-corrected chi connectivity index (χ3v) is 6.01. The molecular formula is C12H16BrN3S2. The second kappa shape index (κ2) is 6.23. The summed E-state index contributed by atoms with van der Waals surface area (Å²) in [5, 5.41) is 14.2. The molecule has 0 aromatic carbocycles. The van der Waals surface area contributed by atoms with Gasteiger partial charge in [0.15, 0.2) is 5.01 Å². The lowest BCUT2D eigenvalue weighted by atomic mass is 10.2. The summed E-state index contributed by atoms with van der Waals surface area (Å²) in [6, 6.07) is 2.48. The lowest BCUT2D eigenvalue weighted by molar-refractivity contribution is 0.531. The van der Waals surface area contributed by atoms with Crippen LogP contribution in [-0.2, 0) is 0 Å². The van der Waals surface area contributed by atoms with Crippen molar-refractivity contribution in [3.8, 4) is 9.88 Å². The van der Waals surface area contributed by atoms with Crippen LogP contribution in [0.1, 0.15) is 36.9 Å². The number of nitrogens with zero attached hydrogens (tertiary/aromatic N) is 2. The normalized spacial score (nSPS) is 12.9. The molecule has 0 bridgehead atoms. The zero-order valence-electron chi connectivity index (χ0n) is 10.7. The molecule has 2 aromatic heterocycles. The van der Waals surface area contributed by atoms with Gasteiger partial charge in [-0.25, -0.2) is 0 Å². The predicted molar refractivity (Wildman–Crippen MR) is 82.4 cm³/mol. The Morgan fingerprint density at radius 3 is 2.67 bits per heavy atom. The Labute approximate surface area is 124 Å². The van der Waals surface area contributed by atoms with E-state index in [2.05, 4.69) is 58.3 Å². The summed E-state index contributed by atoms with van der Waals surface area (Å²) >= 11 is 6.95. The van der Waals surface area contributed by atoms with E-state index in [4.69, 9.17) is 0 Å². The highest BCUT2D eigenvalue weighted by atomic mass is 79.9. The minimum absolute atomic E-state index is 0.325. The van der Waals surface area contributed by atoms with Gasteiger partial charge in [-0.3, -0.25) is 0 Å². The highest BCUT2D eigenvalue weighted by Crippen LogP contribution is 2.37. The minimum atomic E-state index is 0.325. The Balaban J connectivity index is 2.24. The van der Waals surface area contributed by atoms with Crippen LogP contribution in [0, 0.1) is 6.92 Å². The van der Waals surface area contributed by atoms with E-state index in [0.717, 1.165) is 23.0 Å². The van der Waals surface area contributed by atoms with Crippen LogP contribution in [0.5, 0.6) is 0 Å². The first-order valence-corrected chi connectivity index (χ1v) is 8.41. The van der Waals surface area contributed by atoms with Gasteiger partial charge in [0.05, 0.1) is 14.7 Å². The molecule has 18 heavy (non-hydrogen) atoms. The van der Waals surface area contributed by atoms with E-state index in [-0.39, 0.29) is 0 Å². The Morgan fingerprint density at radius 1 is 1.33 bits per heavy atom. The maximum atomic E-state index is 4.32. The van der Waals surface area contributed by atoms with Gasteiger partial charge in [-0.2, -0.15) is 0 Å². The average molecular weight is 346 g/mol. The highest BCUT2D eigenvalue weighted by Gasteiger charge is 2.16. The molecule has 0 aliphatic carbocycles. The van der Waals surface area contributed by atoms with E-state index in [1.54, 1.807) is 22.7 Å². The molecule has 0 aliphatic rings. The van der Waals surface area contributed by atoms with Gasteiger partial charge in [-0.05, 0) is 47.4 Å². The summed E-state index contributed by atoms with van der Waals surface area (Å²) in [6.45, 7) is 7.33. The summed E-state index contributed by atoms with van der Waals surface area (Å²) in [4.78, 5) is 1.19. The van der Waals surface area contributed by atoms with Crippen LogP contribution < -0.4 is 5.32 Å². The number of rotatable bonds is 5. The summed E-state index contributed by atoms with van der Waals surface area (Å²) in [6.07, 6.45) is 1.04. The maximum Gasteiger partial charge on any atom is 0.157 e. The van der Waals surface area contributed by atoms with E-state index >= 15 is 0 Å². The molecule has 1 atom stereocenters. The van der Waals surface area contributed by atoms with Crippen LogP contribution in [-0.4, -0.2) is 16.7 Å². The zero-order valence-corrected chi connectivity index (χ0v) is 13.9. The lowest BCUT2D eigenvalue weighted by Crippen LogP contribution is -2.19. The molecule has 6 heteroatoms. The van der Waals surface area contributed by atoms with Crippen LogP contribution >= 0.6 is 38.6 Å². The number of hydrogen-bond donors (Lipinski definition) is 1. The molecule has 3 nitrogen and oxygen atoms in total. The van der Waals surface area contributed by atoms with E-state index in [0.29, 0.717) is 6.04 Å². The molecule has 0 spiro atoms. The minimum Gasteiger partial charge on any atom is -0.308 e. The number of aromatic nitrogens is 2. The first-order valence-electron chi connectivity index (χ1n) is 5.98. The van der Waals surface area contributed by atoms with Crippen LogP contribution in [0.2, 0.25) is 0 Å². The Morgan fingerprint density at radius 2 is 2.11 bits per heavy atom. The zero-order chi connectivity index (χ0) is 13.1. The molecule has 0 fully saturated rings. The first kappa shape index (κ1) is 14.1. The van der Waals surface area contributed by atoms with Crippen LogP contribution in [0.4, 0.5) is 0 Å². The molecule has 0 aliphatic heterocycles. The van der Waals surface area contributed by atoms with Gasteiger partial charge in [0.2, 0.25) is 0 Å². The monoisotopic (exact) mass is 345 g/mol. The lowest BCUT2D eigenvalue weighted by Gasteiger charge is -2.10. The quantitative estimate of drug-likeness (QED) is 0.872. The SMILES string of the molecule is CCNC(CC)c1nnc(-c2cc(C)c(Br)s2)s1. The topological polar surface area (TPSA) is 37.8 Å². The van der Waals surface area contributed by atoms with Gasteiger partial charge in [0.1, 0.15) is 5.01 Å². The number of hydrogen-bond acceptors (Lipinski definition) is 5. The molecule has 0 saturated carbocycles. The van der Waals surface area contributed by atoms with Gasteiger partial charge in [0, 0.05) is 0 Å². The standard InChI is InChI=1S/C12H16BrN3S2/c1-4-8(14-5-2)11-15-16-12(18-11)9-6-7(3)10(13)17-9/h6,8,14H,4-5H2,1-3H3. The maximum absolute atomic E-state index is 4.32. The molecular weight excluding hydrogens is 330 g/mol. The molecule has 2 heterocycles. The van der Waals surface area contributed by atoms with Crippen molar-refractivity contribution in [1.82, 2.24) is 15.5 Å². The fourth-order valence-electron chi connectivity index (χ4n) is 1.69. The molecule has 1 N–H and O–H groups in total. The first-order chi connectivity index (χ1) is 8.65. The van der Waals surface area contributed by atoms with Crippen molar-refractivity contribution in [2.45, 2.75) is 33.2 Å². The van der Waals surface area contributed by atoms with Crippen molar-refractivity contribution in [2.24, 2.45) is 0 Å². The third-order valence-electron chi connectivity index (χ3n) is 2.67. The van der Waals surface area contributed by atoms with E-state index in [1.165, 1.54) is 14.2 Å². The van der Waals surface area contributed by atoms with Gasteiger partial charge in [0.25, 0.3) is 0 Å². The number of aryl methyl sites for hydroxylation is 1. The second-order valence-corrected chi connectivity index (χ2v) is 7.41. The van der Waals surface area contributed by atoms with E-state index in [1.807, 2.05) is 0 Å². The number of halogens is 1. The second-order valence-electron chi connectivity index (χ2n) is 4.03. The fourth-order valence-corrected chi connectivity index (χ4v) is 4.27. The van der Waals surface area contributed by atoms with Gasteiger partial charge in [-0.1, -0.05) is 25.2 Å². The van der Waals surface area contributed by atoms with Crippen LogP contribution in [0.15, 0.2) is 9.85 Å². The summed E-state index contributed by atoms with van der Waals surface area (Å²) < 4.78 is 1.17. The van der Waals surface area contributed by atoms with E-state index < -0.39 is 0 Å². The molecule has 2 aromatic rings. The Hall–Kier alpha value is -0.300. The van der Waals surface area contributed by atoms with Gasteiger partial charge < -0.3 is 5.32 Å². The predicted octanol–water partition coefficient (Wildman–Crippen LogP) is 4.40. The third kappa shape index (κ3) is 2.99. The highest BCUT2D eigenvalue weighted by molar-refractivity contribution is 9.11. The van der Waals surface area contributed by atoms with Crippen LogP contribution in [0.25, 0.3) is 9.88 Å². The van der Waals surface area contributed by atoms with Crippen molar-refractivity contribution in [1.29, 1.82) is 0 Å². The van der Waals surface area contributed by atoms with Gasteiger partial charge >= 0.3 is 0 Å². The Kier molecular flexibility index (Phi) is 4.89. The molecule has 1 unspecified atom stereocenters. The number of thiophene rings is 1. The van der Waals surface area contributed by atoms with Gasteiger partial charge in [-0.15, -0.1) is 21.5 Å². The average Bonchev–Trinajstić information content (AvgIpc) is 2.94.